The third-order valence-electron chi connectivity index (χ3n) is 5.97. The molecule has 0 saturated carbocycles. The first-order chi connectivity index (χ1) is 20.5. The van der Waals surface area contributed by atoms with Crippen molar-refractivity contribution in [3.05, 3.63) is 80.7 Å². The summed E-state index contributed by atoms with van der Waals surface area (Å²) in [4.78, 5) is 18.0. The van der Waals surface area contributed by atoms with Crippen molar-refractivity contribution in [2.45, 2.75) is 53.8 Å². The van der Waals surface area contributed by atoms with E-state index in [0.717, 1.165) is 22.5 Å². The molecule has 4 N–H and O–H groups in total. The number of hydrogen-bond donors (Lipinski definition) is 2. The monoisotopic (exact) mass is 614 g/mol. The van der Waals surface area contributed by atoms with Crippen LogP contribution < -0.4 is 20.9 Å². The summed E-state index contributed by atoms with van der Waals surface area (Å²) < 4.78 is 18.7. The quantitative estimate of drug-likeness (QED) is 0.121. The number of hydrogen-bond acceptors (Lipinski definition) is 9. The van der Waals surface area contributed by atoms with Crippen molar-refractivity contribution in [2.75, 3.05) is 0 Å². The van der Waals surface area contributed by atoms with Crippen LogP contribution in [0.3, 0.4) is 0 Å². The molecule has 0 amide bonds. The Labute approximate surface area is 259 Å². The van der Waals surface area contributed by atoms with E-state index in [9.17, 15) is 0 Å². The molecule has 0 aliphatic rings. The fraction of sp³-hybridized carbons (Fsp3) is 0.250. The van der Waals surface area contributed by atoms with Gasteiger partial charge in [0.05, 0.1) is 34.7 Å². The first-order valence-electron chi connectivity index (χ1n) is 13.8. The van der Waals surface area contributed by atoms with Crippen LogP contribution in [0.2, 0.25) is 0 Å². The van der Waals surface area contributed by atoms with Gasteiger partial charge in [0.25, 0.3) is 0 Å². The van der Waals surface area contributed by atoms with Crippen LogP contribution in [0.1, 0.15) is 49.1 Å². The van der Waals surface area contributed by atoms with E-state index in [0.29, 0.717) is 56.1 Å². The Morgan fingerprint density at radius 1 is 0.698 bits per heavy atom. The lowest BCUT2D eigenvalue weighted by Crippen LogP contribution is -2.12. The number of rotatable bonds is 10. The second-order valence-corrected chi connectivity index (χ2v) is 12.2. The van der Waals surface area contributed by atoms with E-state index in [2.05, 4.69) is 20.0 Å². The van der Waals surface area contributed by atoms with Gasteiger partial charge in [0.2, 0.25) is 0 Å². The second kappa shape index (κ2) is 12.8. The summed E-state index contributed by atoms with van der Waals surface area (Å²) in [6.07, 6.45) is -0.127. The Bertz CT molecular complexity index is 1670. The molecule has 0 bridgehead atoms. The predicted octanol–water partition coefficient (Wildman–Crippen LogP) is 7.79. The number of aromatic nitrogens is 2. The zero-order chi connectivity index (χ0) is 30.7. The third-order valence-corrected chi connectivity index (χ3v) is 7.93. The minimum absolute atomic E-state index is 0.0637. The molecule has 0 spiro atoms. The lowest BCUT2D eigenvalue weighted by molar-refractivity contribution is 0.243. The maximum Gasteiger partial charge on any atom is 0.160 e. The molecule has 0 saturated heterocycles. The highest BCUT2D eigenvalue weighted by Crippen LogP contribution is 2.40. The standard InChI is InChI=1S/C32H34N6O3S2/c1-17(2)39-27-13-21(37-29(33)31-35-19(5)15-42-31)7-9-23(27)25-11-12-26(41-25)24-10-8-22(14-28(24)40-18(3)4)38-30(34)32-36-20(6)16-43-32/h7-18H,1-6H3,(H2,33,37)(H2,34,38). The Morgan fingerprint density at radius 2 is 1.12 bits per heavy atom. The summed E-state index contributed by atoms with van der Waals surface area (Å²) >= 11 is 2.92. The van der Waals surface area contributed by atoms with Crippen LogP contribution in [0.4, 0.5) is 11.4 Å². The number of thiazole rings is 2. The Balaban J connectivity index is 1.48. The van der Waals surface area contributed by atoms with Gasteiger partial charge in [0, 0.05) is 34.3 Å². The van der Waals surface area contributed by atoms with Gasteiger partial charge in [0.15, 0.2) is 21.7 Å². The van der Waals surface area contributed by atoms with Crippen molar-refractivity contribution in [3.63, 3.8) is 0 Å². The normalized spacial score (nSPS) is 12.4. The number of nitrogens with zero attached hydrogens (tertiary/aromatic N) is 4. The first-order valence-corrected chi connectivity index (χ1v) is 15.6. The molecule has 0 radical (unpaired) electrons. The van der Waals surface area contributed by atoms with Crippen molar-refractivity contribution in [2.24, 2.45) is 21.5 Å². The molecular formula is C32H34N6O3S2. The number of aryl methyl sites for hydroxylation is 2. The summed E-state index contributed by atoms with van der Waals surface area (Å²) in [5.74, 6) is 3.27. The molecule has 11 heteroatoms. The SMILES string of the molecule is Cc1csc(C(N)=Nc2ccc(-c3ccc(-c4ccc(N=C(N)c5nc(C)cs5)cc4OC(C)C)o3)c(OC(C)C)c2)n1. The zero-order valence-corrected chi connectivity index (χ0v) is 26.5. The van der Waals surface area contributed by atoms with Crippen molar-refractivity contribution in [1.82, 2.24) is 9.97 Å². The van der Waals surface area contributed by atoms with Gasteiger partial charge in [-0.25, -0.2) is 20.0 Å². The van der Waals surface area contributed by atoms with E-state index in [1.807, 2.05) is 101 Å². The van der Waals surface area contributed by atoms with E-state index in [1.54, 1.807) is 0 Å². The van der Waals surface area contributed by atoms with Crippen LogP contribution in [0.5, 0.6) is 11.5 Å². The molecule has 2 aromatic carbocycles. The van der Waals surface area contributed by atoms with Gasteiger partial charge in [-0.3, -0.25) is 0 Å². The molecule has 9 nitrogen and oxygen atoms in total. The molecule has 5 aromatic rings. The molecule has 0 unspecified atom stereocenters. The topological polar surface area (TPSA) is 134 Å². The second-order valence-electron chi connectivity index (χ2n) is 10.4. The average molecular weight is 615 g/mol. The molecule has 43 heavy (non-hydrogen) atoms. The minimum Gasteiger partial charge on any atom is -0.490 e. The summed E-state index contributed by atoms with van der Waals surface area (Å²) in [7, 11) is 0. The Morgan fingerprint density at radius 3 is 1.47 bits per heavy atom. The molecule has 0 aliphatic heterocycles. The largest absolute Gasteiger partial charge is 0.490 e. The molecule has 3 heterocycles. The summed E-state index contributed by atoms with van der Waals surface area (Å²) in [5.41, 5.74) is 17.2. The van der Waals surface area contributed by atoms with Crippen molar-refractivity contribution >= 4 is 45.7 Å². The number of furan rings is 1. The highest BCUT2D eigenvalue weighted by atomic mass is 32.1. The predicted molar refractivity (Wildman–Crippen MR) is 176 cm³/mol. The maximum absolute atomic E-state index is 6.39. The van der Waals surface area contributed by atoms with Gasteiger partial charge in [0.1, 0.15) is 23.0 Å². The van der Waals surface area contributed by atoms with E-state index >= 15 is 0 Å². The zero-order valence-electron chi connectivity index (χ0n) is 24.9. The van der Waals surface area contributed by atoms with Crippen LogP contribution in [0.15, 0.2) is 73.7 Å². The Hall–Kier alpha value is -4.48. The minimum atomic E-state index is -0.0637. The van der Waals surface area contributed by atoms with Gasteiger partial charge in [-0.15, -0.1) is 22.7 Å². The summed E-state index contributed by atoms with van der Waals surface area (Å²) in [6.45, 7) is 11.7. The molecule has 0 atom stereocenters. The summed E-state index contributed by atoms with van der Waals surface area (Å²) in [5, 5.41) is 5.25. The number of nitrogens with two attached hydrogens (primary N) is 2. The van der Waals surface area contributed by atoms with Crippen LogP contribution in [-0.2, 0) is 0 Å². The van der Waals surface area contributed by atoms with Crippen LogP contribution >= 0.6 is 22.7 Å². The lowest BCUT2D eigenvalue weighted by atomic mass is 10.1. The van der Waals surface area contributed by atoms with Crippen molar-refractivity contribution < 1.29 is 13.9 Å². The van der Waals surface area contributed by atoms with E-state index < -0.39 is 0 Å². The van der Waals surface area contributed by atoms with Crippen molar-refractivity contribution in [1.29, 1.82) is 0 Å². The van der Waals surface area contributed by atoms with Crippen LogP contribution in [0.25, 0.3) is 22.6 Å². The van der Waals surface area contributed by atoms with Gasteiger partial charge in [-0.05, 0) is 77.9 Å². The maximum atomic E-state index is 6.39. The van der Waals surface area contributed by atoms with Gasteiger partial charge in [-0.2, -0.15) is 0 Å². The molecular weight excluding hydrogens is 581 g/mol. The number of ether oxygens (including phenoxy) is 2. The smallest absolute Gasteiger partial charge is 0.160 e. The molecule has 3 aromatic heterocycles. The van der Waals surface area contributed by atoms with Crippen LogP contribution in [-0.4, -0.2) is 33.8 Å². The van der Waals surface area contributed by atoms with E-state index in [-0.39, 0.29) is 12.2 Å². The number of amidine groups is 2. The van der Waals surface area contributed by atoms with E-state index in [4.69, 9.17) is 25.4 Å². The van der Waals surface area contributed by atoms with Gasteiger partial charge in [-0.1, -0.05) is 0 Å². The van der Waals surface area contributed by atoms with E-state index in [1.165, 1.54) is 22.7 Å². The van der Waals surface area contributed by atoms with Crippen molar-refractivity contribution in [3.8, 4) is 34.1 Å². The number of aliphatic imine (C=N–C) groups is 2. The lowest BCUT2D eigenvalue weighted by Gasteiger charge is -2.15. The Kier molecular flexibility index (Phi) is 8.93. The molecule has 0 aliphatic carbocycles. The average Bonchev–Trinajstić information content (AvgIpc) is 3.70. The highest BCUT2D eigenvalue weighted by Gasteiger charge is 2.18. The fourth-order valence-corrected chi connectivity index (χ4v) is 5.61. The highest BCUT2D eigenvalue weighted by molar-refractivity contribution is 7.12. The van der Waals surface area contributed by atoms with Gasteiger partial charge >= 0.3 is 0 Å². The molecule has 222 valence electrons. The first kappa shape index (κ1) is 30.0. The molecule has 0 fully saturated rings. The third kappa shape index (κ3) is 7.30. The van der Waals surface area contributed by atoms with Gasteiger partial charge < -0.3 is 25.4 Å². The fourth-order valence-electron chi connectivity index (χ4n) is 4.22. The number of benzene rings is 2. The van der Waals surface area contributed by atoms with Crippen LogP contribution in [0, 0.1) is 13.8 Å². The summed E-state index contributed by atoms with van der Waals surface area (Å²) in [6, 6.07) is 15.2. The molecule has 5 rings (SSSR count).